The lowest BCUT2D eigenvalue weighted by atomic mass is 10.0. The summed E-state index contributed by atoms with van der Waals surface area (Å²) in [6, 6.07) is 8.54. The van der Waals surface area contributed by atoms with Crippen molar-refractivity contribution in [2.45, 2.75) is 25.9 Å². The van der Waals surface area contributed by atoms with Crippen molar-refractivity contribution in [3.8, 4) is 5.75 Å². The minimum Gasteiger partial charge on any atom is -0.497 e. The number of nitrogens with one attached hydrogen (secondary N) is 2. The van der Waals surface area contributed by atoms with E-state index < -0.39 is 0 Å². The molecule has 1 unspecified atom stereocenters. The molecule has 0 radical (unpaired) electrons. The van der Waals surface area contributed by atoms with Gasteiger partial charge in [-0.1, -0.05) is 19.1 Å². The number of nitrogens with zero attached hydrogens (tertiary/aromatic N) is 3. The molecular formula is C21H32IN5O2S. The number of rotatable bonds is 8. The van der Waals surface area contributed by atoms with E-state index in [0.717, 1.165) is 56.0 Å². The third kappa shape index (κ3) is 7.07. The summed E-state index contributed by atoms with van der Waals surface area (Å²) in [6.45, 7) is 6.95. The SMILES string of the molecule is CCc1cnc(CNC(=NC)NCC(c2ccc(OC)cc2)N2CCOCC2)s1.I. The Balaban J connectivity index is 0.00000320. The first kappa shape index (κ1) is 24.8. The number of morpholine rings is 1. The average molecular weight is 545 g/mol. The lowest BCUT2D eigenvalue weighted by Crippen LogP contribution is -2.46. The van der Waals surface area contributed by atoms with E-state index in [0.29, 0.717) is 6.54 Å². The Morgan fingerprint density at radius 3 is 2.60 bits per heavy atom. The molecule has 166 valence electrons. The Bertz CT molecular complexity index is 778. The molecule has 1 fully saturated rings. The number of halogens is 1. The van der Waals surface area contributed by atoms with Crippen LogP contribution in [0.2, 0.25) is 0 Å². The number of benzene rings is 1. The number of hydrogen-bond acceptors (Lipinski definition) is 6. The van der Waals surface area contributed by atoms with Crippen molar-refractivity contribution in [1.29, 1.82) is 0 Å². The molecule has 0 amide bonds. The highest BCUT2D eigenvalue weighted by molar-refractivity contribution is 14.0. The van der Waals surface area contributed by atoms with Gasteiger partial charge in [-0.2, -0.15) is 0 Å². The molecule has 0 saturated carbocycles. The van der Waals surface area contributed by atoms with Crippen LogP contribution in [-0.2, 0) is 17.7 Å². The number of ether oxygens (including phenoxy) is 2. The Labute approximate surface area is 200 Å². The van der Waals surface area contributed by atoms with E-state index in [2.05, 4.69) is 44.6 Å². The maximum Gasteiger partial charge on any atom is 0.191 e. The fraction of sp³-hybridized carbons (Fsp3) is 0.524. The number of hydrogen-bond donors (Lipinski definition) is 2. The van der Waals surface area contributed by atoms with Crippen LogP contribution in [-0.4, -0.2) is 62.8 Å². The zero-order valence-corrected chi connectivity index (χ0v) is 21.0. The fourth-order valence-electron chi connectivity index (χ4n) is 3.34. The van der Waals surface area contributed by atoms with Crippen molar-refractivity contribution in [2.75, 3.05) is 47.0 Å². The van der Waals surface area contributed by atoms with Crippen molar-refractivity contribution in [1.82, 2.24) is 20.5 Å². The molecule has 7 nitrogen and oxygen atoms in total. The van der Waals surface area contributed by atoms with Crippen molar-refractivity contribution < 1.29 is 9.47 Å². The first-order valence-electron chi connectivity index (χ1n) is 10.1. The second-order valence-electron chi connectivity index (χ2n) is 6.82. The van der Waals surface area contributed by atoms with Gasteiger partial charge >= 0.3 is 0 Å². The molecule has 1 aromatic carbocycles. The van der Waals surface area contributed by atoms with Gasteiger partial charge in [0, 0.05) is 37.8 Å². The van der Waals surface area contributed by atoms with E-state index in [9.17, 15) is 0 Å². The Morgan fingerprint density at radius 2 is 2.00 bits per heavy atom. The summed E-state index contributed by atoms with van der Waals surface area (Å²) < 4.78 is 10.9. The molecule has 0 spiro atoms. The molecule has 0 aliphatic carbocycles. The molecule has 1 aliphatic rings. The summed E-state index contributed by atoms with van der Waals surface area (Å²) in [5.41, 5.74) is 1.25. The Morgan fingerprint density at radius 1 is 1.27 bits per heavy atom. The summed E-state index contributed by atoms with van der Waals surface area (Å²) in [5.74, 6) is 1.65. The molecule has 0 bridgehead atoms. The topological polar surface area (TPSA) is 71.0 Å². The smallest absolute Gasteiger partial charge is 0.191 e. The lowest BCUT2D eigenvalue weighted by molar-refractivity contribution is 0.0170. The monoisotopic (exact) mass is 545 g/mol. The standard InChI is InChI=1S/C21H31N5O2S.HI/c1-4-18-13-23-20(29-18)15-25-21(22-2)24-14-19(26-9-11-28-12-10-26)16-5-7-17(27-3)8-6-16;/h5-8,13,19H,4,9-12,14-15H2,1-3H3,(H2,22,24,25);1H. The fourth-order valence-corrected chi connectivity index (χ4v) is 4.14. The predicted octanol–water partition coefficient (Wildman–Crippen LogP) is 3.07. The molecule has 1 aliphatic heterocycles. The summed E-state index contributed by atoms with van der Waals surface area (Å²) in [4.78, 5) is 12.6. The van der Waals surface area contributed by atoms with Gasteiger partial charge in [0.2, 0.25) is 0 Å². The molecule has 2 N–H and O–H groups in total. The zero-order valence-electron chi connectivity index (χ0n) is 17.9. The van der Waals surface area contributed by atoms with Crippen LogP contribution in [0.3, 0.4) is 0 Å². The number of thiazole rings is 1. The van der Waals surface area contributed by atoms with Crippen molar-refractivity contribution in [3.05, 3.63) is 45.9 Å². The van der Waals surface area contributed by atoms with E-state index in [1.165, 1.54) is 10.4 Å². The van der Waals surface area contributed by atoms with Crippen LogP contribution < -0.4 is 15.4 Å². The maximum atomic E-state index is 5.54. The summed E-state index contributed by atoms with van der Waals surface area (Å²) >= 11 is 1.74. The first-order chi connectivity index (χ1) is 14.2. The zero-order chi connectivity index (χ0) is 20.5. The van der Waals surface area contributed by atoms with E-state index in [1.807, 2.05) is 18.3 Å². The van der Waals surface area contributed by atoms with Crippen LogP contribution in [0.5, 0.6) is 5.75 Å². The van der Waals surface area contributed by atoms with Gasteiger partial charge in [-0.3, -0.25) is 9.89 Å². The number of guanidine groups is 1. The second-order valence-corrected chi connectivity index (χ2v) is 8.02. The summed E-state index contributed by atoms with van der Waals surface area (Å²) in [7, 11) is 3.49. The van der Waals surface area contributed by atoms with Gasteiger partial charge in [-0.05, 0) is 24.1 Å². The normalized spacial score (nSPS) is 15.9. The van der Waals surface area contributed by atoms with Gasteiger partial charge in [-0.15, -0.1) is 35.3 Å². The van der Waals surface area contributed by atoms with E-state index in [-0.39, 0.29) is 30.0 Å². The van der Waals surface area contributed by atoms with Crippen LogP contribution >= 0.6 is 35.3 Å². The minimum absolute atomic E-state index is 0. The third-order valence-corrected chi connectivity index (χ3v) is 6.17. The highest BCUT2D eigenvalue weighted by Gasteiger charge is 2.23. The molecule has 9 heteroatoms. The van der Waals surface area contributed by atoms with Crippen LogP contribution in [0.4, 0.5) is 0 Å². The molecule has 2 aromatic rings. The van der Waals surface area contributed by atoms with Gasteiger partial charge in [0.1, 0.15) is 10.8 Å². The van der Waals surface area contributed by atoms with E-state index in [4.69, 9.17) is 9.47 Å². The van der Waals surface area contributed by atoms with E-state index >= 15 is 0 Å². The van der Waals surface area contributed by atoms with Crippen molar-refractivity contribution in [2.24, 2.45) is 4.99 Å². The van der Waals surface area contributed by atoms with Crippen LogP contribution in [0.15, 0.2) is 35.5 Å². The molecule has 1 atom stereocenters. The Kier molecular flexibility index (Phi) is 10.8. The van der Waals surface area contributed by atoms with Gasteiger partial charge in [-0.25, -0.2) is 4.98 Å². The maximum absolute atomic E-state index is 5.54. The van der Waals surface area contributed by atoms with Gasteiger partial charge in [0.25, 0.3) is 0 Å². The van der Waals surface area contributed by atoms with Crippen LogP contribution in [0.1, 0.15) is 28.4 Å². The number of methoxy groups -OCH3 is 1. The molecule has 1 aromatic heterocycles. The lowest BCUT2D eigenvalue weighted by Gasteiger charge is -2.35. The average Bonchev–Trinajstić information content (AvgIpc) is 3.25. The number of aryl methyl sites for hydroxylation is 1. The van der Waals surface area contributed by atoms with E-state index in [1.54, 1.807) is 25.5 Å². The molecule has 3 rings (SSSR count). The Hall–Kier alpha value is -1.43. The summed E-state index contributed by atoms with van der Waals surface area (Å²) in [6.07, 6.45) is 2.98. The quantitative estimate of drug-likeness (QED) is 0.302. The van der Waals surface area contributed by atoms with Gasteiger partial charge < -0.3 is 20.1 Å². The second kappa shape index (κ2) is 13.1. The first-order valence-corrected chi connectivity index (χ1v) is 10.9. The largest absolute Gasteiger partial charge is 0.497 e. The molecule has 30 heavy (non-hydrogen) atoms. The van der Waals surface area contributed by atoms with Crippen LogP contribution in [0, 0.1) is 0 Å². The van der Waals surface area contributed by atoms with Gasteiger partial charge in [0.15, 0.2) is 5.96 Å². The highest BCUT2D eigenvalue weighted by Crippen LogP contribution is 2.23. The van der Waals surface area contributed by atoms with Crippen molar-refractivity contribution >= 4 is 41.3 Å². The molecular weight excluding hydrogens is 513 g/mol. The summed E-state index contributed by atoms with van der Waals surface area (Å²) in [5, 5.41) is 7.94. The number of aromatic nitrogens is 1. The van der Waals surface area contributed by atoms with Gasteiger partial charge in [0.05, 0.1) is 32.9 Å². The highest BCUT2D eigenvalue weighted by atomic mass is 127. The number of aliphatic imine (C=N–C) groups is 1. The minimum atomic E-state index is 0. The third-order valence-electron chi connectivity index (χ3n) is 5.03. The van der Waals surface area contributed by atoms with Crippen LogP contribution in [0.25, 0.3) is 0 Å². The molecule has 2 heterocycles. The van der Waals surface area contributed by atoms with Crippen molar-refractivity contribution in [3.63, 3.8) is 0 Å². The molecule has 1 saturated heterocycles. The predicted molar refractivity (Wildman–Crippen MR) is 133 cm³/mol.